The van der Waals surface area contributed by atoms with Crippen molar-refractivity contribution in [1.29, 1.82) is 0 Å². The fraction of sp³-hybridized carbons (Fsp3) is 0.0588. The minimum Gasteiger partial charge on any atom is -0.292 e. The molecule has 0 aromatic carbocycles. The number of aromatic nitrogens is 3. The summed E-state index contributed by atoms with van der Waals surface area (Å²) >= 11 is 11.7. The van der Waals surface area contributed by atoms with Crippen molar-refractivity contribution in [1.82, 2.24) is 15.2 Å². The second kappa shape index (κ2) is 7.98. The molecule has 0 atom stereocenters. The van der Waals surface area contributed by atoms with Crippen LogP contribution in [0.1, 0.15) is 9.67 Å². The molecular weight excluding hydrogens is 426 g/mol. The van der Waals surface area contributed by atoms with Crippen molar-refractivity contribution >= 4 is 63.2 Å². The Morgan fingerprint density at radius 1 is 1.00 bits per heavy atom. The average molecular weight is 436 g/mol. The fourth-order valence-corrected chi connectivity index (χ4v) is 5.25. The molecular formula is C17H10ClN3OS4. The summed E-state index contributed by atoms with van der Waals surface area (Å²) in [5.41, 5.74) is 3.54. The van der Waals surface area contributed by atoms with E-state index < -0.39 is 0 Å². The molecule has 0 radical (unpaired) electrons. The van der Waals surface area contributed by atoms with Gasteiger partial charge in [-0.25, -0.2) is 4.98 Å². The molecule has 0 saturated carbocycles. The van der Waals surface area contributed by atoms with Crippen molar-refractivity contribution in [2.75, 3.05) is 5.75 Å². The summed E-state index contributed by atoms with van der Waals surface area (Å²) in [5.74, 6) is 0.258. The summed E-state index contributed by atoms with van der Waals surface area (Å²) in [6, 6.07) is 7.48. The van der Waals surface area contributed by atoms with Gasteiger partial charge in [0.05, 0.1) is 15.0 Å². The number of hydrogen-bond acceptors (Lipinski definition) is 8. The van der Waals surface area contributed by atoms with Crippen LogP contribution in [0.2, 0.25) is 4.34 Å². The van der Waals surface area contributed by atoms with Crippen molar-refractivity contribution in [3.63, 3.8) is 0 Å². The van der Waals surface area contributed by atoms with E-state index in [-0.39, 0.29) is 11.5 Å². The van der Waals surface area contributed by atoms with Crippen LogP contribution >= 0.6 is 57.4 Å². The average Bonchev–Trinajstić information content (AvgIpc) is 3.40. The lowest BCUT2D eigenvalue weighted by Gasteiger charge is -2.06. The lowest BCUT2D eigenvalue weighted by Crippen LogP contribution is -2.03. The smallest absolute Gasteiger partial charge is 0.210 e. The van der Waals surface area contributed by atoms with Crippen molar-refractivity contribution in [2.45, 2.75) is 5.16 Å². The SMILES string of the molecule is O=C(CSc1nnc(-c2ccsc2)c(-c2ccsc2)n1)c1ccc(Cl)s1. The number of ketones is 1. The lowest BCUT2D eigenvalue weighted by atomic mass is 10.1. The standard InChI is InChI=1S/C17H10ClN3OS4/c18-14-2-1-13(26-14)12(22)9-25-17-19-15(10-3-5-23-7-10)16(20-21-17)11-4-6-24-8-11/h1-8H,9H2. The van der Waals surface area contributed by atoms with Crippen molar-refractivity contribution < 1.29 is 4.79 Å². The Morgan fingerprint density at radius 3 is 2.35 bits per heavy atom. The van der Waals surface area contributed by atoms with Gasteiger partial charge in [-0.15, -0.1) is 21.5 Å². The van der Waals surface area contributed by atoms with Crippen LogP contribution in [-0.4, -0.2) is 26.7 Å². The first-order valence-electron chi connectivity index (χ1n) is 7.42. The Labute approximate surface area is 170 Å². The Hall–Kier alpha value is -1.58. The molecule has 26 heavy (non-hydrogen) atoms. The van der Waals surface area contributed by atoms with Gasteiger partial charge in [-0.3, -0.25) is 4.79 Å². The second-order valence-electron chi connectivity index (χ2n) is 5.13. The second-order valence-corrected chi connectivity index (χ2v) is 9.35. The first kappa shape index (κ1) is 17.8. The molecule has 4 rings (SSSR count). The molecule has 0 aliphatic heterocycles. The van der Waals surface area contributed by atoms with Gasteiger partial charge in [0.1, 0.15) is 11.4 Å². The molecule has 130 valence electrons. The third-order valence-electron chi connectivity index (χ3n) is 3.44. The maximum absolute atomic E-state index is 12.3. The van der Waals surface area contributed by atoms with Crippen LogP contribution < -0.4 is 0 Å². The molecule has 0 amide bonds. The number of rotatable bonds is 6. The zero-order valence-corrected chi connectivity index (χ0v) is 17.1. The van der Waals surface area contributed by atoms with E-state index in [2.05, 4.69) is 15.2 Å². The fourth-order valence-electron chi connectivity index (χ4n) is 2.23. The van der Waals surface area contributed by atoms with Gasteiger partial charge in [-0.2, -0.15) is 22.7 Å². The highest BCUT2D eigenvalue weighted by molar-refractivity contribution is 7.99. The monoisotopic (exact) mass is 435 g/mol. The quantitative estimate of drug-likeness (QED) is 0.274. The summed E-state index contributed by atoms with van der Waals surface area (Å²) in [6.45, 7) is 0. The van der Waals surface area contributed by atoms with Gasteiger partial charge in [0.15, 0.2) is 5.78 Å². The topological polar surface area (TPSA) is 55.7 Å². The van der Waals surface area contributed by atoms with E-state index in [1.807, 2.05) is 33.7 Å². The van der Waals surface area contributed by atoms with Gasteiger partial charge in [-0.1, -0.05) is 23.4 Å². The molecule has 4 heterocycles. The third kappa shape index (κ3) is 3.89. The number of halogens is 1. The van der Waals surface area contributed by atoms with Crippen LogP contribution in [0.25, 0.3) is 22.5 Å². The zero-order chi connectivity index (χ0) is 17.9. The normalized spacial score (nSPS) is 11.0. The number of nitrogens with zero attached hydrogens (tertiary/aromatic N) is 3. The lowest BCUT2D eigenvalue weighted by molar-refractivity contribution is 0.102. The molecule has 0 aliphatic carbocycles. The predicted molar refractivity (Wildman–Crippen MR) is 111 cm³/mol. The number of thioether (sulfide) groups is 1. The molecule has 4 aromatic heterocycles. The van der Waals surface area contributed by atoms with Crippen LogP contribution in [0.3, 0.4) is 0 Å². The van der Waals surface area contributed by atoms with Crippen LogP contribution in [-0.2, 0) is 0 Å². The van der Waals surface area contributed by atoms with E-state index in [9.17, 15) is 4.79 Å². The number of thiophene rings is 3. The molecule has 0 N–H and O–H groups in total. The van der Waals surface area contributed by atoms with Gasteiger partial charge in [0.2, 0.25) is 5.16 Å². The van der Waals surface area contributed by atoms with E-state index >= 15 is 0 Å². The molecule has 0 unspecified atom stereocenters. The van der Waals surface area contributed by atoms with Gasteiger partial charge in [-0.05, 0) is 35.0 Å². The molecule has 0 bridgehead atoms. The Kier molecular flexibility index (Phi) is 5.46. The summed E-state index contributed by atoms with van der Waals surface area (Å²) in [7, 11) is 0. The first-order chi connectivity index (χ1) is 12.7. The molecule has 0 spiro atoms. The number of Topliss-reactive ketones (excluding diaryl/α,β-unsaturated/α-hetero) is 1. The van der Waals surface area contributed by atoms with E-state index in [4.69, 9.17) is 11.6 Å². The van der Waals surface area contributed by atoms with E-state index in [1.165, 1.54) is 23.1 Å². The van der Waals surface area contributed by atoms with Crippen LogP contribution in [0, 0.1) is 0 Å². The van der Waals surface area contributed by atoms with E-state index in [0.717, 1.165) is 22.5 Å². The Balaban J connectivity index is 1.60. The molecule has 9 heteroatoms. The zero-order valence-electron chi connectivity index (χ0n) is 13.1. The number of carbonyl (C=O) groups excluding carboxylic acids is 1. The van der Waals surface area contributed by atoms with Crippen LogP contribution in [0.5, 0.6) is 0 Å². The number of hydrogen-bond donors (Lipinski definition) is 0. The summed E-state index contributed by atoms with van der Waals surface area (Å²) in [5, 5.41) is 17.1. The van der Waals surface area contributed by atoms with E-state index in [0.29, 0.717) is 14.4 Å². The predicted octanol–water partition coefficient (Wildman–Crippen LogP) is 6.02. The number of carbonyl (C=O) groups is 1. The van der Waals surface area contributed by atoms with Gasteiger partial charge < -0.3 is 0 Å². The summed E-state index contributed by atoms with van der Waals surface area (Å²) in [4.78, 5) is 17.6. The van der Waals surface area contributed by atoms with E-state index in [1.54, 1.807) is 34.8 Å². The highest BCUT2D eigenvalue weighted by Gasteiger charge is 2.16. The van der Waals surface area contributed by atoms with Gasteiger partial charge in [0, 0.05) is 21.9 Å². The van der Waals surface area contributed by atoms with Crippen molar-refractivity contribution in [3.05, 3.63) is 55.0 Å². The minimum absolute atomic E-state index is 0.00879. The first-order valence-corrected chi connectivity index (χ1v) is 11.5. The molecule has 4 aromatic rings. The molecule has 4 nitrogen and oxygen atoms in total. The molecule has 0 aliphatic rings. The van der Waals surface area contributed by atoms with Gasteiger partial charge in [0.25, 0.3) is 0 Å². The van der Waals surface area contributed by atoms with Gasteiger partial charge >= 0.3 is 0 Å². The molecule has 0 fully saturated rings. The highest BCUT2D eigenvalue weighted by atomic mass is 35.5. The van der Waals surface area contributed by atoms with Crippen molar-refractivity contribution in [3.8, 4) is 22.5 Å². The minimum atomic E-state index is 0.00879. The highest BCUT2D eigenvalue weighted by Crippen LogP contribution is 2.32. The molecule has 0 saturated heterocycles. The van der Waals surface area contributed by atoms with Crippen molar-refractivity contribution in [2.24, 2.45) is 0 Å². The maximum atomic E-state index is 12.3. The summed E-state index contributed by atoms with van der Waals surface area (Å²) < 4.78 is 0.608. The van der Waals surface area contributed by atoms with Crippen LogP contribution in [0.15, 0.2) is 50.9 Å². The largest absolute Gasteiger partial charge is 0.292 e. The summed E-state index contributed by atoms with van der Waals surface area (Å²) in [6.07, 6.45) is 0. The van der Waals surface area contributed by atoms with Crippen LogP contribution in [0.4, 0.5) is 0 Å². The third-order valence-corrected chi connectivity index (χ3v) is 6.91. The Bertz CT molecular complexity index is 1030. The maximum Gasteiger partial charge on any atom is 0.210 e. The Morgan fingerprint density at radius 2 is 1.73 bits per heavy atom.